The van der Waals surface area contributed by atoms with Gasteiger partial charge in [-0.3, -0.25) is 9.69 Å². The van der Waals surface area contributed by atoms with Crippen molar-refractivity contribution in [1.82, 2.24) is 10.1 Å². The van der Waals surface area contributed by atoms with Crippen molar-refractivity contribution in [3.63, 3.8) is 0 Å². The van der Waals surface area contributed by atoms with Crippen LogP contribution in [0.15, 0.2) is 53.1 Å². The molecule has 0 saturated carbocycles. The Labute approximate surface area is 175 Å². The Bertz CT molecular complexity index is 1090. The van der Waals surface area contributed by atoms with Gasteiger partial charge in [-0.15, -0.1) is 0 Å². The minimum Gasteiger partial charge on any atom is -0.395 e. The molecular formula is C24H25N3O3. The van der Waals surface area contributed by atoms with Crippen LogP contribution >= 0.6 is 0 Å². The Hall–Kier alpha value is -2.96. The summed E-state index contributed by atoms with van der Waals surface area (Å²) in [6.07, 6.45) is 1.82. The monoisotopic (exact) mass is 403 g/mol. The number of benzene rings is 2. The number of nitrogens with one attached hydrogen (secondary N) is 1. The molecule has 3 heterocycles. The zero-order chi connectivity index (χ0) is 20.9. The first-order chi connectivity index (χ1) is 14.6. The third-order valence-electron chi connectivity index (χ3n) is 6.52. The summed E-state index contributed by atoms with van der Waals surface area (Å²) in [5, 5.41) is 17.3. The van der Waals surface area contributed by atoms with E-state index in [0.717, 1.165) is 58.8 Å². The number of rotatable bonds is 4. The van der Waals surface area contributed by atoms with E-state index in [9.17, 15) is 9.90 Å². The van der Waals surface area contributed by atoms with Crippen LogP contribution in [-0.2, 0) is 10.3 Å². The van der Waals surface area contributed by atoms with E-state index in [0.29, 0.717) is 0 Å². The number of carbonyl (C=O) groups excluding carboxylic acids is 1. The summed E-state index contributed by atoms with van der Waals surface area (Å²) < 4.78 is 5.39. The van der Waals surface area contributed by atoms with Gasteiger partial charge in [-0.05, 0) is 49.9 Å². The number of hydrogen-bond donors (Lipinski definition) is 2. The molecule has 30 heavy (non-hydrogen) atoms. The number of aromatic nitrogens is 1. The van der Waals surface area contributed by atoms with Gasteiger partial charge in [0.05, 0.1) is 12.3 Å². The molecule has 1 aromatic heterocycles. The number of amides is 1. The smallest absolute Gasteiger partial charge is 0.254 e. The number of hydrogen-bond acceptors (Lipinski definition) is 5. The SMILES string of the molecule is Cc1noc(C)c1-c1ccc2c(c1)C(c1ccccc1)(N1CCC[C@@H]1CO)C(=O)N2. The summed E-state index contributed by atoms with van der Waals surface area (Å²) in [7, 11) is 0. The summed E-state index contributed by atoms with van der Waals surface area (Å²) in [6.45, 7) is 4.61. The molecular weight excluding hydrogens is 378 g/mol. The summed E-state index contributed by atoms with van der Waals surface area (Å²) in [6, 6.07) is 15.9. The van der Waals surface area contributed by atoms with Crippen LogP contribution in [0.3, 0.4) is 0 Å². The minimum atomic E-state index is -0.977. The molecule has 2 atom stereocenters. The Kier molecular flexibility index (Phi) is 4.49. The molecule has 1 fully saturated rings. The molecule has 0 aliphatic carbocycles. The Morgan fingerprint density at radius 3 is 2.73 bits per heavy atom. The number of nitrogens with zero attached hydrogens (tertiary/aromatic N) is 2. The van der Waals surface area contributed by atoms with E-state index in [2.05, 4.69) is 21.4 Å². The molecule has 6 nitrogen and oxygen atoms in total. The molecule has 1 saturated heterocycles. The fourth-order valence-corrected chi connectivity index (χ4v) is 5.22. The van der Waals surface area contributed by atoms with Gasteiger partial charge in [0.2, 0.25) is 0 Å². The third-order valence-corrected chi connectivity index (χ3v) is 6.52. The number of anilines is 1. The van der Waals surface area contributed by atoms with E-state index in [1.807, 2.05) is 56.3 Å². The first kappa shape index (κ1) is 19.0. The molecule has 3 aromatic rings. The molecule has 0 bridgehead atoms. The van der Waals surface area contributed by atoms with Crippen molar-refractivity contribution < 1.29 is 14.4 Å². The van der Waals surface area contributed by atoms with Crippen LogP contribution in [0.4, 0.5) is 5.69 Å². The van der Waals surface area contributed by atoms with Gasteiger partial charge in [0.1, 0.15) is 5.76 Å². The molecule has 2 aliphatic rings. The van der Waals surface area contributed by atoms with Crippen molar-refractivity contribution in [3.05, 3.63) is 71.1 Å². The highest BCUT2D eigenvalue weighted by Crippen LogP contribution is 2.49. The van der Waals surface area contributed by atoms with Crippen LogP contribution in [0.5, 0.6) is 0 Å². The van der Waals surface area contributed by atoms with Gasteiger partial charge in [0.15, 0.2) is 5.54 Å². The molecule has 1 amide bonds. The highest BCUT2D eigenvalue weighted by Gasteiger charge is 2.55. The second-order valence-electron chi connectivity index (χ2n) is 8.16. The van der Waals surface area contributed by atoms with Crippen molar-refractivity contribution in [2.75, 3.05) is 18.5 Å². The maximum absolute atomic E-state index is 13.7. The Balaban J connectivity index is 1.77. The second-order valence-corrected chi connectivity index (χ2v) is 8.16. The van der Waals surface area contributed by atoms with Crippen LogP contribution in [-0.4, -0.2) is 40.3 Å². The number of likely N-dealkylation sites (tertiary alicyclic amines) is 1. The van der Waals surface area contributed by atoms with Gasteiger partial charge in [-0.1, -0.05) is 41.6 Å². The number of aliphatic hydroxyl groups is 1. The van der Waals surface area contributed by atoms with Gasteiger partial charge in [-0.25, -0.2) is 0 Å². The van der Waals surface area contributed by atoms with Gasteiger partial charge < -0.3 is 14.9 Å². The van der Waals surface area contributed by atoms with Gasteiger partial charge >= 0.3 is 0 Å². The highest BCUT2D eigenvalue weighted by molar-refractivity contribution is 6.09. The topological polar surface area (TPSA) is 78.6 Å². The lowest BCUT2D eigenvalue weighted by atomic mass is 9.80. The predicted molar refractivity (Wildman–Crippen MR) is 114 cm³/mol. The van der Waals surface area contributed by atoms with Crippen molar-refractivity contribution in [1.29, 1.82) is 0 Å². The molecule has 5 rings (SSSR count). The Morgan fingerprint density at radius 1 is 1.23 bits per heavy atom. The molecule has 1 unspecified atom stereocenters. The first-order valence-electron chi connectivity index (χ1n) is 10.4. The predicted octanol–water partition coefficient (Wildman–Crippen LogP) is 3.61. The number of carbonyl (C=O) groups is 1. The summed E-state index contributed by atoms with van der Waals surface area (Å²) in [4.78, 5) is 15.8. The van der Waals surface area contributed by atoms with Crippen LogP contribution in [0.2, 0.25) is 0 Å². The summed E-state index contributed by atoms with van der Waals surface area (Å²) in [5.41, 5.74) is 4.41. The number of fused-ring (bicyclic) bond motifs is 1. The average Bonchev–Trinajstić information content (AvgIpc) is 3.44. The van der Waals surface area contributed by atoms with E-state index in [4.69, 9.17) is 4.52 Å². The summed E-state index contributed by atoms with van der Waals surface area (Å²) >= 11 is 0. The molecule has 2 N–H and O–H groups in total. The van der Waals surface area contributed by atoms with Crippen molar-refractivity contribution in [3.8, 4) is 11.1 Å². The maximum Gasteiger partial charge on any atom is 0.254 e. The van der Waals surface area contributed by atoms with Crippen molar-refractivity contribution in [2.45, 2.75) is 38.3 Å². The zero-order valence-electron chi connectivity index (χ0n) is 17.2. The largest absolute Gasteiger partial charge is 0.395 e. The number of aryl methyl sites for hydroxylation is 2. The fourth-order valence-electron chi connectivity index (χ4n) is 5.22. The van der Waals surface area contributed by atoms with Crippen molar-refractivity contribution >= 4 is 11.6 Å². The van der Waals surface area contributed by atoms with Gasteiger partial charge in [0, 0.05) is 29.4 Å². The highest BCUT2D eigenvalue weighted by atomic mass is 16.5. The quantitative estimate of drug-likeness (QED) is 0.696. The molecule has 6 heteroatoms. The zero-order valence-corrected chi connectivity index (χ0v) is 17.2. The van der Waals surface area contributed by atoms with Crippen LogP contribution in [0.1, 0.15) is 35.4 Å². The van der Waals surface area contributed by atoms with Gasteiger partial charge in [0.25, 0.3) is 5.91 Å². The molecule has 2 aliphatic heterocycles. The van der Waals surface area contributed by atoms with E-state index in [1.54, 1.807) is 0 Å². The third kappa shape index (κ3) is 2.57. The van der Waals surface area contributed by atoms with E-state index in [1.165, 1.54) is 0 Å². The molecule has 154 valence electrons. The number of aliphatic hydroxyl groups excluding tert-OH is 1. The van der Waals surface area contributed by atoms with Crippen LogP contribution in [0, 0.1) is 13.8 Å². The molecule has 0 spiro atoms. The Morgan fingerprint density at radius 2 is 2.03 bits per heavy atom. The van der Waals surface area contributed by atoms with Crippen molar-refractivity contribution in [2.24, 2.45) is 0 Å². The second kappa shape index (κ2) is 7.07. The van der Waals surface area contributed by atoms with E-state index in [-0.39, 0.29) is 18.6 Å². The lowest BCUT2D eigenvalue weighted by Crippen LogP contribution is -2.54. The van der Waals surface area contributed by atoms with Crippen LogP contribution < -0.4 is 5.32 Å². The average molecular weight is 403 g/mol. The van der Waals surface area contributed by atoms with Crippen LogP contribution in [0.25, 0.3) is 11.1 Å². The normalized spacial score (nSPS) is 23.6. The lowest BCUT2D eigenvalue weighted by Gasteiger charge is -2.41. The van der Waals surface area contributed by atoms with Gasteiger partial charge in [-0.2, -0.15) is 0 Å². The lowest BCUT2D eigenvalue weighted by molar-refractivity contribution is -0.126. The van der Waals surface area contributed by atoms with E-state index < -0.39 is 5.54 Å². The molecule has 0 radical (unpaired) electrons. The fraction of sp³-hybridized carbons (Fsp3) is 0.333. The molecule has 2 aromatic carbocycles. The first-order valence-corrected chi connectivity index (χ1v) is 10.4. The standard InChI is InChI=1S/C24H25N3O3/c1-15-22(16(2)30-26-15)17-10-11-21-20(13-17)24(23(29)25-21,18-7-4-3-5-8-18)27-12-6-9-19(27)14-28/h3-5,7-8,10-11,13,19,28H,6,9,12,14H2,1-2H3,(H,25,29)/t19-,24?/m1/s1. The minimum absolute atomic E-state index is 0.0285. The summed E-state index contributed by atoms with van der Waals surface area (Å²) in [5.74, 6) is 0.685. The van der Waals surface area contributed by atoms with E-state index >= 15 is 0 Å². The maximum atomic E-state index is 13.7.